The van der Waals surface area contributed by atoms with Gasteiger partial charge < -0.3 is 10.2 Å². The van der Waals surface area contributed by atoms with E-state index in [9.17, 15) is 0 Å². The van der Waals surface area contributed by atoms with Gasteiger partial charge in [-0.25, -0.2) is 0 Å². The maximum atomic E-state index is 3.49. The van der Waals surface area contributed by atoms with Crippen molar-refractivity contribution in [3.05, 3.63) is 0 Å². The van der Waals surface area contributed by atoms with E-state index in [-0.39, 0.29) is 0 Å². The van der Waals surface area contributed by atoms with Gasteiger partial charge in [0.1, 0.15) is 0 Å². The standard InChI is InChI=1S/C15H30N2/c1-2-3-4-5-12-17-13-6-7-15(17)14-8-10-16-11-9-14/h14-16H,2-13H2,1H3. The van der Waals surface area contributed by atoms with E-state index in [1.54, 1.807) is 0 Å². The molecule has 0 radical (unpaired) electrons. The quantitative estimate of drug-likeness (QED) is 0.716. The van der Waals surface area contributed by atoms with Crippen LogP contribution in [0.25, 0.3) is 0 Å². The van der Waals surface area contributed by atoms with Crippen molar-refractivity contribution in [3.8, 4) is 0 Å². The molecule has 1 atom stereocenters. The first kappa shape index (κ1) is 13.4. The van der Waals surface area contributed by atoms with E-state index in [2.05, 4.69) is 17.1 Å². The van der Waals surface area contributed by atoms with Gasteiger partial charge in [0.05, 0.1) is 0 Å². The fraction of sp³-hybridized carbons (Fsp3) is 1.00. The van der Waals surface area contributed by atoms with Gasteiger partial charge in [-0.1, -0.05) is 26.2 Å². The first-order chi connectivity index (χ1) is 8.42. The van der Waals surface area contributed by atoms with E-state index in [4.69, 9.17) is 0 Å². The minimum Gasteiger partial charge on any atom is -0.317 e. The molecule has 2 rings (SSSR count). The number of hydrogen-bond acceptors (Lipinski definition) is 2. The lowest BCUT2D eigenvalue weighted by atomic mass is 9.88. The molecule has 0 aromatic rings. The Morgan fingerprint density at radius 3 is 2.65 bits per heavy atom. The number of nitrogens with one attached hydrogen (secondary N) is 1. The van der Waals surface area contributed by atoms with E-state index in [0.717, 1.165) is 12.0 Å². The van der Waals surface area contributed by atoms with Gasteiger partial charge in [-0.15, -0.1) is 0 Å². The maximum absolute atomic E-state index is 3.49. The molecule has 0 spiro atoms. The average molecular weight is 238 g/mol. The SMILES string of the molecule is CCCCCCN1CCCC1C1CCNCC1. The zero-order chi connectivity index (χ0) is 11.9. The van der Waals surface area contributed by atoms with Crippen LogP contribution in [0.5, 0.6) is 0 Å². The smallest absolute Gasteiger partial charge is 0.0125 e. The summed E-state index contributed by atoms with van der Waals surface area (Å²) in [6.45, 7) is 7.55. The summed E-state index contributed by atoms with van der Waals surface area (Å²) in [5.41, 5.74) is 0. The van der Waals surface area contributed by atoms with Crippen LogP contribution in [0.2, 0.25) is 0 Å². The third-order valence-corrected chi connectivity index (χ3v) is 4.64. The normalized spacial score (nSPS) is 27.7. The molecule has 0 aliphatic carbocycles. The molecule has 1 N–H and O–H groups in total. The van der Waals surface area contributed by atoms with Crippen molar-refractivity contribution in [2.24, 2.45) is 5.92 Å². The minimum atomic E-state index is 0.929. The van der Waals surface area contributed by atoms with Crippen LogP contribution in [0.1, 0.15) is 58.3 Å². The molecule has 0 amide bonds. The molecule has 17 heavy (non-hydrogen) atoms. The summed E-state index contributed by atoms with van der Waals surface area (Å²) in [5.74, 6) is 0.991. The Morgan fingerprint density at radius 2 is 1.88 bits per heavy atom. The minimum absolute atomic E-state index is 0.929. The topological polar surface area (TPSA) is 15.3 Å². The predicted octanol–water partition coefficient (Wildman–Crippen LogP) is 3.03. The number of rotatable bonds is 6. The Morgan fingerprint density at radius 1 is 1.06 bits per heavy atom. The molecule has 2 nitrogen and oxygen atoms in total. The molecule has 0 aromatic carbocycles. The average Bonchev–Trinajstić information content (AvgIpc) is 2.84. The van der Waals surface area contributed by atoms with Gasteiger partial charge in [-0.3, -0.25) is 0 Å². The molecule has 2 aliphatic rings. The van der Waals surface area contributed by atoms with Crippen molar-refractivity contribution in [3.63, 3.8) is 0 Å². The Kier molecular flexibility index (Phi) is 5.79. The number of piperidine rings is 1. The zero-order valence-corrected chi connectivity index (χ0v) is 11.6. The van der Waals surface area contributed by atoms with Crippen LogP contribution in [-0.4, -0.2) is 37.1 Å². The first-order valence-electron chi connectivity index (χ1n) is 7.86. The highest BCUT2D eigenvalue weighted by atomic mass is 15.2. The lowest BCUT2D eigenvalue weighted by Gasteiger charge is -2.34. The summed E-state index contributed by atoms with van der Waals surface area (Å²) in [7, 11) is 0. The zero-order valence-electron chi connectivity index (χ0n) is 11.6. The van der Waals surface area contributed by atoms with Gasteiger partial charge in [0.15, 0.2) is 0 Å². The number of nitrogens with zero attached hydrogens (tertiary/aromatic N) is 1. The van der Waals surface area contributed by atoms with Crippen LogP contribution in [0.3, 0.4) is 0 Å². The Labute approximate surface area is 107 Å². The molecule has 2 heteroatoms. The van der Waals surface area contributed by atoms with E-state index in [1.165, 1.54) is 77.5 Å². The maximum Gasteiger partial charge on any atom is 0.0125 e. The lowest BCUT2D eigenvalue weighted by molar-refractivity contribution is 0.160. The molecule has 100 valence electrons. The summed E-state index contributed by atoms with van der Waals surface area (Å²) >= 11 is 0. The monoisotopic (exact) mass is 238 g/mol. The van der Waals surface area contributed by atoms with Gasteiger partial charge in [-0.2, -0.15) is 0 Å². The van der Waals surface area contributed by atoms with Crippen LogP contribution >= 0.6 is 0 Å². The third-order valence-electron chi connectivity index (χ3n) is 4.64. The summed E-state index contributed by atoms with van der Waals surface area (Å²) in [4.78, 5) is 2.81. The summed E-state index contributed by atoms with van der Waals surface area (Å²) in [6.07, 6.45) is 11.4. The van der Waals surface area contributed by atoms with Gasteiger partial charge in [0, 0.05) is 6.04 Å². The van der Waals surface area contributed by atoms with Gasteiger partial charge in [-0.05, 0) is 64.2 Å². The molecule has 0 aromatic heterocycles. The van der Waals surface area contributed by atoms with E-state index < -0.39 is 0 Å². The highest BCUT2D eigenvalue weighted by Gasteiger charge is 2.31. The fourth-order valence-electron chi connectivity index (χ4n) is 3.63. The molecule has 2 heterocycles. The van der Waals surface area contributed by atoms with Crippen LogP contribution in [0.15, 0.2) is 0 Å². The van der Waals surface area contributed by atoms with E-state index >= 15 is 0 Å². The van der Waals surface area contributed by atoms with Gasteiger partial charge >= 0.3 is 0 Å². The van der Waals surface area contributed by atoms with Crippen molar-refractivity contribution in [1.82, 2.24) is 10.2 Å². The van der Waals surface area contributed by atoms with Gasteiger partial charge in [0.2, 0.25) is 0 Å². The van der Waals surface area contributed by atoms with E-state index in [0.29, 0.717) is 0 Å². The van der Waals surface area contributed by atoms with Crippen molar-refractivity contribution >= 4 is 0 Å². The second kappa shape index (κ2) is 7.38. The largest absolute Gasteiger partial charge is 0.317 e. The Hall–Kier alpha value is -0.0800. The molecular weight excluding hydrogens is 208 g/mol. The molecule has 2 saturated heterocycles. The second-order valence-electron chi connectivity index (χ2n) is 5.89. The van der Waals surface area contributed by atoms with Crippen molar-refractivity contribution < 1.29 is 0 Å². The number of hydrogen-bond donors (Lipinski definition) is 1. The van der Waals surface area contributed by atoms with Crippen molar-refractivity contribution in [1.29, 1.82) is 0 Å². The highest BCUT2D eigenvalue weighted by Crippen LogP contribution is 2.29. The molecule has 1 unspecified atom stereocenters. The van der Waals surface area contributed by atoms with E-state index in [1.807, 2.05) is 0 Å². The number of unbranched alkanes of at least 4 members (excludes halogenated alkanes) is 3. The second-order valence-corrected chi connectivity index (χ2v) is 5.89. The van der Waals surface area contributed by atoms with Crippen molar-refractivity contribution in [2.75, 3.05) is 26.2 Å². The van der Waals surface area contributed by atoms with Crippen LogP contribution in [0.4, 0.5) is 0 Å². The summed E-state index contributed by atoms with van der Waals surface area (Å²) in [6, 6.07) is 0.929. The fourth-order valence-corrected chi connectivity index (χ4v) is 3.63. The van der Waals surface area contributed by atoms with Crippen LogP contribution in [0, 0.1) is 5.92 Å². The van der Waals surface area contributed by atoms with Crippen molar-refractivity contribution in [2.45, 2.75) is 64.3 Å². The summed E-state index contributed by atoms with van der Waals surface area (Å²) < 4.78 is 0. The molecular formula is C15H30N2. The number of likely N-dealkylation sites (tertiary alicyclic amines) is 1. The molecule has 2 fully saturated rings. The Balaban J connectivity index is 1.72. The molecule has 0 bridgehead atoms. The first-order valence-corrected chi connectivity index (χ1v) is 7.86. The molecule has 2 aliphatic heterocycles. The predicted molar refractivity (Wildman–Crippen MR) is 74.3 cm³/mol. The Bertz CT molecular complexity index is 199. The highest BCUT2D eigenvalue weighted by molar-refractivity contribution is 4.87. The lowest BCUT2D eigenvalue weighted by Crippen LogP contribution is -2.41. The van der Waals surface area contributed by atoms with Crippen LogP contribution in [-0.2, 0) is 0 Å². The third kappa shape index (κ3) is 3.96. The molecule has 0 saturated carbocycles. The summed E-state index contributed by atoms with van der Waals surface area (Å²) in [5, 5.41) is 3.49. The van der Waals surface area contributed by atoms with Crippen LogP contribution < -0.4 is 5.32 Å². The van der Waals surface area contributed by atoms with Gasteiger partial charge in [0.25, 0.3) is 0 Å².